The Morgan fingerprint density at radius 1 is 1.11 bits per heavy atom. The highest BCUT2D eigenvalue weighted by atomic mass is 14.5. The van der Waals surface area contributed by atoms with Crippen molar-refractivity contribution in [3.8, 4) is 6.07 Å². The molecule has 0 amide bonds. The Hall–Kier alpha value is -0.510. The topological polar surface area (TPSA) is 23.8 Å². The van der Waals surface area contributed by atoms with Gasteiger partial charge in [0.2, 0.25) is 0 Å². The molecule has 1 heteroatoms. The molecule has 0 radical (unpaired) electrons. The van der Waals surface area contributed by atoms with Crippen LogP contribution in [0.2, 0.25) is 0 Å². The predicted molar refractivity (Wildman–Crippen MR) is 34.6 cm³/mol. The lowest BCUT2D eigenvalue weighted by molar-refractivity contribution is 0.219. The van der Waals surface area contributed by atoms with E-state index in [1.54, 1.807) is 0 Å². The Morgan fingerprint density at radius 3 is 2.00 bits per heavy atom. The van der Waals surface area contributed by atoms with Crippen molar-refractivity contribution in [2.45, 2.75) is 25.7 Å². The van der Waals surface area contributed by atoms with Crippen molar-refractivity contribution in [1.82, 2.24) is 0 Å². The maximum Gasteiger partial charge on any atom is 0.0655 e. The minimum absolute atomic E-state index is 0.419. The lowest BCUT2D eigenvalue weighted by atomic mass is 9.77. The number of hydrogen-bond donors (Lipinski definition) is 0. The van der Waals surface area contributed by atoms with Crippen molar-refractivity contribution < 1.29 is 0 Å². The third-order valence-electron chi connectivity index (χ3n) is 2.93. The Labute approximate surface area is 55.7 Å². The van der Waals surface area contributed by atoms with Crippen LogP contribution in [0.15, 0.2) is 0 Å². The minimum Gasteiger partial charge on any atom is -0.198 e. The normalized spacial score (nSPS) is 47.2. The molecule has 2 fully saturated rings. The van der Waals surface area contributed by atoms with Crippen LogP contribution < -0.4 is 0 Å². The van der Waals surface area contributed by atoms with Crippen molar-refractivity contribution in [3.63, 3.8) is 0 Å². The molecule has 2 rings (SSSR count). The molecule has 0 saturated heterocycles. The third kappa shape index (κ3) is 0.660. The maximum absolute atomic E-state index is 8.58. The van der Waals surface area contributed by atoms with E-state index in [4.69, 9.17) is 5.26 Å². The van der Waals surface area contributed by atoms with Crippen molar-refractivity contribution in [2.75, 3.05) is 0 Å². The smallest absolute Gasteiger partial charge is 0.0655 e. The second-order valence-electron chi connectivity index (χ2n) is 3.39. The molecule has 1 nitrogen and oxygen atoms in total. The van der Waals surface area contributed by atoms with Crippen molar-refractivity contribution >= 4 is 0 Å². The second kappa shape index (κ2) is 1.73. The Morgan fingerprint density at radius 2 is 1.67 bits per heavy atom. The number of nitrogens with zero attached hydrogens (tertiary/aromatic N) is 1. The molecular weight excluding hydrogens is 110 g/mol. The fraction of sp³-hybridized carbons (Fsp3) is 0.875. The van der Waals surface area contributed by atoms with Gasteiger partial charge in [-0.2, -0.15) is 5.26 Å². The van der Waals surface area contributed by atoms with Gasteiger partial charge in [0.1, 0.15) is 0 Å². The van der Waals surface area contributed by atoms with Crippen LogP contribution in [0.25, 0.3) is 0 Å². The second-order valence-corrected chi connectivity index (χ2v) is 3.39. The molecule has 0 aromatic heterocycles. The van der Waals surface area contributed by atoms with Crippen LogP contribution in [0.3, 0.4) is 0 Å². The van der Waals surface area contributed by atoms with Crippen LogP contribution in [0.4, 0.5) is 0 Å². The fourth-order valence-corrected chi connectivity index (χ4v) is 2.19. The number of fused-ring (bicyclic) bond motifs is 1. The summed E-state index contributed by atoms with van der Waals surface area (Å²) in [7, 11) is 0. The van der Waals surface area contributed by atoms with E-state index >= 15 is 0 Å². The van der Waals surface area contributed by atoms with Gasteiger partial charge in [-0.1, -0.05) is 0 Å². The highest BCUT2D eigenvalue weighted by Gasteiger charge is 2.39. The van der Waals surface area contributed by atoms with Crippen LogP contribution in [-0.2, 0) is 0 Å². The number of nitriles is 1. The largest absolute Gasteiger partial charge is 0.198 e. The predicted octanol–water partition coefficient (Wildman–Crippen LogP) is 1.95. The Bertz CT molecular complexity index is 144. The molecule has 48 valence electrons. The quantitative estimate of drug-likeness (QED) is 0.480. The van der Waals surface area contributed by atoms with Crippen molar-refractivity contribution in [1.29, 1.82) is 5.26 Å². The van der Waals surface area contributed by atoms with Crippen LogP contribution in [0.1, 0.15) is 25.7 Å². The van der Waals surface area contributed by atoms with E-state index in [9.17, 15) is 0 Å². The molecular formula is C8H11N. The lowest BCUT2D eigenvalue weighted by Crippen LogP contribution is -2.18. The third-order valence-corrected chi connectivity index (χ3v) is 2.93. The highest BCUT2D eigenvalue weighted by Crippen LogP contribution is 2.49. The maximum atomic E-state index is 8.58. The standard InChI is InChI=1S/C8H11N/c9-5-6-3-7-1-2-8(7)4-6/h6-8H,1-4H2. The van der Waals surface area contributed by atoms with Crippen LogP contribution >= 0.6 is 0 Å². The van der Waals surface area contributed by atoms with Crippen LogP contribution in [0, 0.1) is 29.1 Å². The summed E-state index contributed by atoms with van der Waals surface area (Å²) in [6, 6.07) is 2.36. The van der Waals surface area contributed by atoms with E-state index in [2.05, 4.69) is 6.07 Å². The molecule has 2 unspecified atom stereocenters. The Kier molecular flexibility index (Phi) is 1.02. The van der Waals surface area contributed by atoms with Gasteiger partial charge < -0.3 is 0 Å². The van der Waals surface area contributed by atoms with Gasteiger partial charge in [-0.05, 0) is 37.5 Å². The molecule has 0 heterocycles. The zero-order valence-corrected chi connectivity index (χ0v) is 5.51. The highest BCUT2D eigenvalue weighted by molar-refractivity contribution is 4.98. The first-order valence-corrected chi connectivity index (χ1v) is 3.80. The minimum atomic E-state index is 0.419. The van der Waals surface area contributed by atoms with Crippen LogP contribution in [-0.4, -0.2) is 0 Å². The van der Waals surface area contributed by atoms with Gasteiger partial charge in [-0.3, -0.25) is 0 Å². The molecule has 2 aliphatic carbocycles. The van der Waals surface area contributed by atoms with Gasteiger partial charge >= 0.3 is 0 Å². The van der Waals surface area contributed by atoms with Gasteiger partial charge in [-0.15, -0.1) is 0 Å². The summed E-state index contributed by atoms with van der Waals surface area (Å²) in [5, 5.41) is 8.58. The van der Waals surface area contributed by atoms with Gasteiger partial charge in [0.25, 0.3) is 0 Å². The van der Waals surface area contributed by atoms with Gasteiger partial charge in [0, 0.05) is 5.92 Å². The zero-order valence-electron chi connectivity index (χ0n) is 5.51. The van der Waals surface area contributed by atoms with E-state index in [1.807, 2.05) is 0 Å². The SMILES string of the molecule is N#CC1CC2CCC2C1. The first kappa shape index (κ1) is 5.29. The number of hydrogen-bond acceptors (Lipinski definition) is 1. The molecule has 9 heavy (non-hydrogen) atoms. The summed E-state index contributed by atoms with van der Waals surface area (Å²) in [5.41, 5.74) is 0. The van der Waals surface area contributed by atoms with E-state index in [-0.39, 0.29) is 0 Å². The fourth-order valence-electron chi connectivity index (χ4n) is 2.19. The molecule has 0 bridgehead atoms. The zero-order chi connectivity index (χ0) is 6.27. The summed E-state index contributed by atoms with van der Waals surface area (Å²) in [6.45, 7) is 0. The summed E-state index contributed by atoms with van der Waals surface area (Å²) in [6.07, 6.45) is 5.23. The number of rotatable bonds is 0. The average Bonchev–Trinajstić information content (AvgIpc) is 2.10. The van der Waals surface area contributed by atoms with Gasteiger partial charge in [-0.25, -0.2) is 0 Å². The molecule has 0 N–H and O–H groups in total. The molecule has 2 saturated carbocycles. The molecule has 0 aromatic rings. The summed E-state index contributed by atoms with van der Waals surface area (Å²) in [5.74, 6) is 2.33. The van der Waals surface area contributed by atoms with E-state index < -0.39 is 0 Å². The molecule has 0 aromatic carbocycles. The lowest BCUT2D eigenvalue weighted by Gasteiger charge is -2.29. The van der Waals surface area contributed by atoms with Crippen LogP contribution in [0.5, 0.6) is 0 Å². The molecule has 0 aliphatic heterocycles. The van der Waals surface area contributed by atoms with Gasteiger partial charge in [0.15, 0.2) is 0 Å². The summed E-state index contributed by atoms with van der Waals surface area (Å²) < 4.78 is 0. The molecule has 0 spiro atoms. The van der Waals surface area contributed by atoms with E-state index in [1.165, 1.54) is 25.7 Å². The first-order valence-electron chi connectivity index (χ1n) is 3.80. The van der Waals surface area contributed by atoms with Gasteiger partial charge in [0.05, 0.1) is 6.07 Å². The van der Waals surface area contributed by atoms with Crippen molar-refractivity contribution in [2.24, 2.45) is 17.8 Å². The Balaban J connectivity index is 2.01. The summed E-state index contributed by atoms with van der Waals surface area (Å²) in [4.78, 5) is 0. The summed E-state index contributed by atoms with van der Waals surface area (Å²) >= 11 is 0. The van der Waals surface area contributed by atoms with Crippen molar-refractivity contribution in [3.05, 3.63) is 0 Å². The molecule has 2 atom stereocenters. The van der Waals surface area contributed by atoms with E-state index in [0.29, 0.717) is 5.92 Å². The average molecular weight is 121 g/mol. The van der Waals surface area contributed by atoms with E-state index in [0.717, 1.165) is 11.8 Å². The first-order chi connectivity index (χ1) is 4.40. The monoisotopic (exact) mass is 121 g/mol. The molecule has 2 aliphatic rings.